The second-order valence-electron chi connectivity index (χ2n) is 5.55. The number of halogens is 1. The molecule has 4 nitrogen and oxygen atoms in total. The number of aliphatic carboxylic acids is 1. The molecule has 0 aromatic heterocycles. The summed E-state index contributed by atoms with van der Waals surface area (Å²) < 4.78 is 0.956. The Bertz CT molecular complexity index is 518. The summed E-state index contributed by atoms with van der Waals surface area (Å²) in [5, 5.41) is 8.76. The van der Waals surface area contributed by atoms with E-state index < -0.39 is 5.97 Å². The van der Waals surface area contributed by atoms with Crippen molar-refractivity contribution in [2.24, 2.45) is 5.92 Å². The van der Waals surface area contributed by atoms with Gasteiger partial charge in [0.05, 0.1) is 6.42 Å². The van der Waals surface area contributed by atoms with Crippen molar-refractivity contribution in [2.75, 3.05) is 13.1 Å². The monoisotopic (exact) mass is 353 g/mol. The van der Waals surface area contributed by atoms with Crippen molar-refractivity contribution in [1.29, 1.82) is 0 Å². The summed E-state index contributed by atoms with van der Waals surface area (Å²) in [4.78, 5) is 24.9. The molecular formula is C16H20BrNO3. The topological polar surface area (TPSA) is 57.6 Å². The standard InChI is InChI=1S/C16H20BrNO3/c17-14-6-2-1-5-13(14)10-15(19)18-9-3-4-12(11-18)7-8-16(20)21/h1-2,5-6,12H,3-4,7-11H2,(H,20,21). The van der Waals surface area contributed by atoms with Crippen LogP contribution in [0.15, 0.2) is 28.7 Å². The molecule has 1 atom stereocenters. The van der Waals surface area contributed by atoms with Crippen LogP contribution >= 0.6 is 15.9 Å². The molecule has 0 spiro atoms. The first-order chi connectivity index (χ1) is 10.1. The Kier molecular flexibility index (Phi) is 5.79. The molecule has 5 heteroatoms. The van der Waals surface area contributed by atoms with Gasteiger partial charge in [-0.1, -0.05) is 34.1 Å². The van der Waals surface area contributed by atoms with Gasteiger partial charge in [0.2, 0.25) is 5.91 Å². The lowest BCUT2D eigenvalue weighted by atomic mass is 9.93. The van der Waals surface area contributed by atoms with Crippen molar-refractivity contribution in [3.63, 3.8) is 0 Å². The highest BCUT2D eigenvalue weighted by molar-refractivity contribution is 9.10. The van der Waals surface area contributed by atoms with E-state index in [1.165, 1.54) is 0 Å². The number of carbonyl (C=O) groups is 2. The van der Waals surface area contributed by atoms with E-state index in [0.29, 0.717) is 25.3 Å². The number of hydrogen-bond acceptors (Lipinski definition) is 2. The predicted molar refractivity (Wildman–Crippen MR) is 84.0 cm³/mol. The lowest BCUT2D eigenvalue weighted by Crippen LogP contribution is -2.40. The minimum atomic E-state index is -0.758. The van der Waals surface area contributed by atoms with Crippen molar-refractivity contribution in [2.45, 2.75) is 32.1 Å². The average Bonchev–Trinajstić information content (AvgIpc) is 2.48. The number of amides is 1. The van der Waals surface area contributed by atoms with E-state index in [1.807, 2.05) is 29.2 Å². The van der Waals surface area contributed by atoms with Gasteiger partial charge in [0.25, 0.3) is 0 Å². The third-order valence-electron chi connectivity index (χ3n) is 3.94. The quantitative estimate of drug-likeness (QED) is 0.884. The molecule has 0 saturated carbocycles. The molecule has 1 aromatic carbocycles. The molecule has 1 aliphatic heterocycles. The number of piperidine rings is 1. The van der Waals surface area contributed by atoms with E-state index in [4.69, 9.17) is 5.11 Å². The Labute approximate surface area is 133 Å². The Hall–Kier alpha value is -1.36. The van der Waals surface area contributed by atoms with Crippen LogP contribution in [0, 0.1) is 5.92 Å². The van der Waals surface area contributed by atoms with Crippen molar-refractivity contribution in [3.8, 4) is 0 Å². The molecule has 1 N–H and O–H groups in total. The van der Waals surface area contributed by atoms with Gasteiger partial charge in [0.1, 0.15) is 0 Å². The van der Waals surface area contributed by atoms with E-state index in [2.05, 4.69) is 15.9 Å². The Balaban J connectivity index is 1.90. The SMILES string of the molecule is O=C(O)CCC1CCCN(C(=O)Cc2ccccc2Br)C1. The van der Waals surface area contributed by atoms with E-state index in [9.17, 15) is 9.59 Å². The van der Waals surface area contributed by atoms with Crippen LogP contribution in [0.2, 0.25) is 0 Å². The summed E-state index contributed by atoms with van der Waals surface area (Å²) >= 11 is 3.47. The third kappa shape index (κ3) is 4.84. The first-order valence-corrected chi connectivity index (χ1v) is 8.08. The molecule has 1 aliphatic rings. The highest BCUT2D eigenvalue weighted by Gasteiger charge is 2.24. The summed E-state index contributed by atoms with van der Waals surface area (Å²) in [6, 6.07) is 7.75. The molecule has 1 amide bonds. The summed E-state index contributed by atoms with van der Waals surface area (Å²) in [6.07, 6.45) is 3.23. The van der Waals surface area contributed by atoms with E-state index in [-0.39, 0.29) is 12.3 Å². The normalized spacial score (nSPS) is 18.5. The molecule has 1 unspecified atom stereocenters. The van der Waals surface area contributed by atoms with Crippen LogP contribution in [0.4, 0.5) is 0 Å². The largest absolute Gasteiger partial charge is 0.481 e. The van der Waals surface area contributed by atoms with Gasteiger partial charge in [-0.05, 0) is 36.8 Å². The maximum atomic E-state index is 12.4. The minimum absolute atomic E-state index is 0.127. The molecule has 2 rings (SSSR count). The Morgan fingerprint density at radius 2 is 2.10 bits per heavy atom. The molecule has 0 radical (unpaired) electrons. The number of benzene rings is 1. The molecule has 21 heavy (non-hydrogen) atoms. The summed E-state index contributed by atoms with van der Waals surface area (Å²) in [5.41, 5.74) is 0.996. The molecule has 1 aromatic rings. The second kappa shape index (κ2) is 7.59. The number of nitrogens with zero attached hydrogens (tertiary/aromatic N) is 1. The van der Waals surface area contributed by atoms with Crippen LogP contribution < -0.4 is 0 Å². The summed E-state index contributed by atoms with van der Waals surface area (Å²) in [7, 11) is 0. The van der Waals surface area contributed by atoms with Crippen LogP contribution in [0.25, 0.3) is 0 Å². The van der Waals surface area contributed by atoms with Gasteiger partial charge in [0.15, 0.2) is 0 Å². The Morgan fingerprint density at radius 1 is 1.33 bits per heavy atom. The van der Waals surface area contributed by atoms with Gasteiger partial charge < -0.3 is 10.0 Å². The molecule has 1 fully saturated rings. The zero-order chi connectivity index (χ0) is 15.2. The van der Waals surface area contributed by atoms with Gasteiger partial charge >= 0.3 is 5.97 Å². The fourth-order valence-electron chi connectivity index (χ4n) is 2.77. The van der Waals surface area contributed by atoms with Crippen molar-refractivity contribution >= 4 is 27.8 Å². The highest BCUT2D eigenvalue weighted by atomic mass is 79.9. The fourth-order valence-corrected chi connectivity index (χ4v) is 3.20. The number of rotatable bonds is 5. The van der Waals surface area contributed by atoms with Crippen LogP contribution in [0.5, 0.6) is 0 Å². The zero-order valence-electron chi connectivity index (χ0n) is 11.9. The van der Waals surface area contributed by atoms with E-state index in [1.54, 1.807) is 0 Å². The second-order valence-corrected chi connectivity index (χ2v) is 6.40. The predicted octanol–water partition coefficient (Wildman–Crippen LogP) is 3.10. The van der Waals surface area contributed by atoms with Crippen LogP contribution in [0.3, 0.4) is 0 Å². The van der Waals surface area contributed by atoms with Gasteiger partial charge in [-0.2, -0.15) is 0 Å². The van der Waals surface area contributed by atoms with Gasteiger partial charge in [-0.3, -0.25) is 9.59 Å². The summed E-state index contributed by atoms with van der Waals surface area (Å²) in [6.45, 7) is 1.48. The fraction of sp³-hybridized carbons (Fsp3) is 0.500. The molecule has 1 heterocycles. The Morgan fingerprint density at radius 3 is 2.81 bits per heavy atom. The lowest BCUT2D eigenvalue weighted by molar-refractivity contribution is -0.137. The lowest BCUT2D eigenvalue weighted by Gasteiger charge is -2.32. The maximum Gasteiger partial charge on any atom is 0.303 e. The minimum Gasteiger partial charge on any atom is -0.481 e. The highest BCUT2D eigenvalue weighted by Crippen LogP contribution is 2.23. The van der Waals surface area contributed by atoms with Gasteiger partial charge in [-0.15, -0.1) is 0 Å². The number of carboxylic acids is 1. The number of likely N-dealkylation sites (tertiary alicyclic amines) is 1. The molecule has 0 bridgehead atoms. The number of carboxylic acid groups (broad SMARTS) is 1. The summed E-state index contributed by atoms with van der Waals surface area (Å²) in [5.74, 6) is -0.313. The maximum absolute atomic E-state index is 12.4. The molecule has 1 saturated heterocycles. The number of carbonyl (C=O) groups excluding carboxylic acids is 1. The van der Waals surface area contributed by atoms with Gasteiger partial charge in [0, 0.05) is 24.0 Å². The third-order valence-corrected chi connectivity index (χ3v) is 4.71. The first kappa shape index (κ1) is 16.0. The van der Waals surface area contributed by atoms with Gasteiger partial charge in [-0.25, -0.2) is 0 Å². The van der Waals surface area contributed by atoms with Crippen molar-refractivity contribution in [1.82, 2.24) is 4.90 Å². The van der Waals surface area contributed by atoms with Crippen molar-refractivity contribution in [3.05, 3.63) is 34.3 Å². The van der Waals surface area contributed by atoms with Crippen LogP contribution in [0.1, 0.15) is 31.2 Å². The zero-order valence-corrected chi connectivity index (χ0v) is 13.5. The van der Waals surface area contributed by atoms with Crippen LogP contribution in [-0.4, -0.2) is 35.0 Å². The van der Waals surface area contributed by atoms with Crippen molar-refractivity contribution < 1.29 is 14.7 Å². The molecule has 0 aliphatic carbocycles. The molecular weight excluding hydrogens is 334 g/mol. The smallest absolute Gasteiger partial charge is 0.303 e. The van der Waals surface area contributed by atoms with E-state index in [0.717, 1.165) is 29.4 Å². The van der Waals surface area contributed by atoms with Crippen LogP contribution in [-0.2, 0) is 16.0 Å². The number of hydrogen-bond donors (Lipinski definition) is 1. The molecule has 114 valence electrons. The first-order valence-electron chi connectivity index (χ1n) is 7.29. The van der Waals surface area contributed by atoms with E-state index >= 15 is 0 Å². The average molecular weight is 354 g/mol.